The van der Waals surface area contributed by atoms with Crippen LogP contribution in [0.5, 0.6) is 5.75 Å². The highest BCUT2D eigenvalue weighted by Gasteiger charge is 2.15. The van der Waals surface area contributed by atoms with Crippen molar-refractivity contribution in [3.63, 3.8) is 0 Å². The van der Waals surface area contributed by atoms with E-state index in [1.807, 2.05) is 20.0 Å². The van der Waals surface area contributed by atoms with Gasteiger partial charge in [0.15, 0.2) is 10.9 Å². The molecular weight excluding hydrogens is 338 g/mol. The lowest BCUT2D eigenvalue weighted by molar-refractivity contribution is 0.103. The number of aryl methyl sites for hydroxylation is 2. The molecule has 1 amide bonds. The monoisotopic (exact) mass is 357 g/mol. The lowest BCUT2D eigenvalue weighted by Gasteiger charge is -2.11. The minimum absolute atomic E-state index is 0.151. The Balaban J connectivity index is 1.76. The molecule has 0 aliphatic rings. The van der Waals surface area contributed by atoms with E-state index in [0.717, 1.165) is 17.5 Å². The Labute approximate surface area is 149 Å². The normalized spacial score (nSPS) is 10.7. The average Bonchev–Trinajstić information content (AvgIpc) is 3.24. The number of carbonyl (C=O) groups is 1. The Morgan fingerprint density at radius 3 is 2.92 bits per heavy atom. The first-order valence-electron chi connectivity index (χ1n) is 7.85. The Morgan fingerprint density at radius 2 is 2.16 bits per heavy atom. The van der Waals surface area contributed by atoms with Crippen molar-refractivity contribution in [1.29, 1.82) is 0 Å². The average molecular weight is 357 g/mol. The molecule has 8 heteroatoms. The molecule has 0 saturated carbocycles. The molecule has 4 N–H and O–H groups in total. The lowest BCUT2D eigenvalue weighted by atomic mass is 10.1. The van der Waals surface area contributed by atoms with Crippen molar-refractivity contribution in [3.8, 4) is 5.75 Å². The number of phenolic OH excluding ortho intramolecular Hbond substituents is 1. The Hall–Kier alpha value is -2.87. The van der Waals surface area contributed by atoms with Crippen LogP contribution in [-0.2, 0) is 6.42 Å². The van der Waals surface area contributed by atoms with Crippen molar-refractivity contribution in [3.05, 3.63) is 46.1 Å². The summed E-state index contributed by atoms with van der Waals surface area (Å²) in [5, 5.41) is 23.3. The molecule has 0 fully saturated rings. The molecule has 0 radical (unpaired) electrons. The second-order valence-electron chi connectivity index (χ2n) is 5.62. The highest BCUT2D eigenvalue weighted by molar-refractivity contribution is 7.17. The van der Waals surface area contributed by atoms with Gasteiger partial charge in [-0.05, 0) is 31.9 Å². The van der Waals surface area contributed by atoms with Gasteiger partial charge in [-0.2, -0.15) is 5.10 Å². The van der Waals surface area contributed by atoms with Crippen LogP contribution in [0.25, 0.3) is 0 Å². The number of thiazole rings is 1. The van der Waals surface area contributed by atoms with E-state index in [9.17, 15) is 9.90 Å². The van der Waals surface area contributed by atoms with Crippen LogP contribution in [0.3, 0.4) is 0 Å². The molecule has 0 unspecified atom stereocenters. The molecule has 0 bridgehead atoms. The molecule has 0 spiro atoms. The predicted octanol–water partition coefficient (Wildman–Crippen LogP) is 3.75. The van der Waals surface area contributed by atoms with E-state index in [1.54, 1.807) is 19.1 Å². The van der Waals surface area contributed by atoms with Gasteiger partial charge < -0.3 is 15.7 Å². The van der Waals surface area contributed by atoms with Crippen LogP contribution in [0.15, 0.2) is 24.5 Å². The van der Waals surface area contributed by atoms with Gasteiger partial charge in [0.2, 0.25) is 0 Å². The van der Waals surface area contributed by atoms with E-state index in [0.29, 0.717) is 27.1 Å². The molecule has 2 heterocycles. The van der Waals surface area contributed by atoms with Crippen LogP contribution in [0.2, 0.25) is 0 Å². The highest BCUT2D eigenvalue weighted by atomic mass is 32.1. The van der Waals surface area contributed by atoms with Crippen molar-refractivity contribution >= 4 is 33.9 Å². The summed E-state index contributed by atoms with van der Waals surface area (Å²) in [5.74, 6) is 0.599. The van der Waals surface area contributed by atoms with Gasteiger partial charge in [0.25, 0.3) is 5.91 Å². The fraction of sp³-hybridized carbons (Fsp3) is 0.235. The summed E-state index contributed by atoms with van der Waals surface area (Å²) in [5.41, 5.74) is 3.19. The maximum absolute atomic E-state index is 12.5. The summed E-state index contributed by atoms with van der Waals surface area (Å²) in [7, 11) is 0. The molecule has 7 nitrogen and oxygen atoms in total. The van der Waals surface area contributed by atoms with Gasteiger partial charge in [0.05, 0.1) is 11.9 Å². The van der Waals surface area contributed by atoms with Crippen LogP contribution in [-0.4, -0.2) is 26.2 Å². The van der Waals surface area contributed by atoms with Crippen LogP contribution in [0, 0.1) is 13.8 Å². The number of hydrogen-bond donors (Lipinski definition) is 4. The third-order valence-corrected chi connectivity index (χ3v) is 4.85. The first-order valence-corrected chi connectivity index (χ1v) is 8.67. The van der Waals surface area contributed by atoms with Crippen molar-refractivity contribution in [1.82, 2.24) is 15.2 Å². The molecule has 2 aromatic heterocycles. The summed E-state index contributed by atoms with van der Waals surface area (Å²) in [4.78, 5) is 17.2. The van der Waals surface area contributed by atoms with Crippen LogP contribution >= 0.6 is 11.3 Å². The molecule has 1 aromatic carbocycles. The molecular formula is C17H19N5O2S. The van der Waals surface area contributed by atoms with E-state index in [2.05, 4.69) is 25.8 Å². The zero-order chi connectivity index (χ0) is 18.0. The number of phenols is 1. The number of hydrogen-bond acceptors (Lipinski definition) is 6. The van der Waals surface area contributed by atoms with Crippen molar-refractivity contribution in [2.45, 2.75) is 27.2 Å². The smallest absolute Gasteiger partial charge is 0.267 e. The zero-order valence-corrected chi connectivity index (χ0v) is 15.0. The summed E-state index contributed by atoms with van der Waals surface area (Å²) in [6.45, 7) is 5.68. The highest BCUT2D eigenvalue weighted by Crippen LogP contribution is 2.29. The number of aromatic amines is 1. The maximum atomic E-state index is 12.5. The summed E-state index contributed by atoms with van der Waals surface area (Å²) in [6.07, 6.45) is 4.19. The van der Waals surface area contributed by atoms with Crippen LogP contribution < -0.4 is 10.6 Å². The van der Waals surface area contributed by atoms with E-state index < -0.39 is 0 Å². The molecule has 3 aromatic rings. The number of nitrogens with one attached hydrogen (secondary N) is 3. The molecule has 3 rings (SSSR count). The van der Waals surface area contributed by atoms with Crippen molar-refractivity contribution in [2.24, 2.45) is 0 Å². The second kappa shape index (κ2) is 6.94. The van der Waals surface area contributed by atoms with Gasteiger partial charge in [-0.1, -0.05) is 24.3 Å². The van der Waals surface area contributed by atoms with Gasteiger partial charge in [-0.25, -0.2) is 4.98 Å². The Bertz CT molecular complexity index is 916. The van der Waals surface area contributed by atoms with E-state index in [-0.39, 0.29) is 11.7 Å². The molecule has 0 atom stereocenters. The number of carbonyl (C=O) groups excluding carboxylic acids is 1. The van der Waals surface area contributed by atoms with E-state index >= 15 is 0 Å². The van der Waals surface area contributed by atoms with E-state index in [1.165, 1.54) is 17.5 Å². The minimum Gasteiger partial charge on any atom is -0.508 e. The van der Waals surface area contributed by atoms with Crippen molar-refractivity contribution in [2.75, 3.05) is 10.6 Å². The lowest BCUT2D eigenvalue weighted by Crippen LogP contribution is -2.12. The van der Waals surface area contributed by atoms with Gasteiger partial charge >= 0.3 is 0 Å². The second-order valence-corrected chi connectivity index (χ2v) is 6.65. The first kappa shape index (κ1) is 17.0. The fourth-order valence-electron chi connectivity index (χ4n) is 2.43. The van der Waals surface area contributed by atoms with Crippen molar-refractivity contribution < 1.29 is 9.90 Å². The third-order valence-electron chi connectivity index (χ3n) is 3.94. The summed E-state index contributed by atoms with van der Waals surface area (Å²) >= 11 is 1.24. The number of aromatic hydroxyl groups is 1. The number of benzene rings is 1. The van der Waals surface area contributed by atoms with E-state index in [4.69, 9.17) is 0 Å². The summed E-state index contributed by atoms with van der Waals surface area (Å²) in [6, 6.07) is 3.38. The maximum Gasteiger partial charge on any atom is 0.267 e. The first-order chi connectivity index (χ1) is 12.0. The molecule has 0 aliphatic carbocycles. The number of amides is 1. The SMILES string of the molecule is CCc1c[nH]nc1Nc1ncc(C(=O)Nc2c(C)ccc(O)c2C)s1. The Morgan fingerprint density at radius 1 is 1.36 bits per heavy atom. The predicted molar refractivity (Wildman–Crippen MR) is 98.9 cm³/mol. The topological polar surface area (TPSA) is 103 Å². The Kier molecular flexibility index (Phi) is 4.71. The number of anilines is 3. The largest absolute Gasteiger partial charge is 0.508 e. The number of H-pyrrole nitrogens is 1. The van der Waals surface area contributed by atoms with Gasteiger partial charge in [-0.15, -0.1) is 0 Å². The molecule has 25 heavy (non-hydrogen) atoms. The van der Waals surface area contributed by atoms with Crippen LogP contribution in [0.4, 0.5) is 16.6 Å². The number of nitrogens with zero attached hydrogens (tertiary/aromatic N) is 2. The molecule has 0 saturated heterocycles. The standard InChI is InChI=1S/C17H19N5O2S/c1-4-11-7-19-22-15(11)21-17-18-8-13(25-17)16(24)20-14-9(2)5-6-12(23)10(14)3/h5-8,23H,4H2,1-3H3,(H,20,24)(H2,18,19,21,22). The van der Waals surface area contributed by atoms with Crippen LogP contribution in [0.1, 0.15) is 33.3 Å². The number of rotatable bonds is 5. The number of aromatic nitrogens is 3. The van der Waals surface area contributed by atoms with Gasteiger partial charge in [-0.3, -0.25) is 9.89 Å². The van der Waals surface area contributed by atoms with Gasteiger partial charge in [0.1, 0.15) is 10.6 Å². The molecule has 0 aliphatic heterocycles. The zero-order valence-electron chi connectivity index (χ0n) is 14.2. The summed E-state index contributed by atoms with van der Waals surface area (Å²) < 4.78 is 0. The van der Waals surface area contributed by atoms with Gasteiger partial charge in [0, 0.05) is 17.3 Å². The third kappa shape index (κ3) is 3.48. The fourth-order valence-corrected chi connectivity index (χ4v) is 3.14. The molecule has 130 valence electrons. The quantitative estimate of drug-likeness (QED) is 0.557. The minimum atomic E-state index is -0.264.